The zero-order chi connectivity index (χ0) is 16.2. The molecule has 0 spiro atoms. The molecule has 0 amide bonds. The van der Waals surface area contributed by atoms with Gasteiger partial charge in [0, 0.05) is 29.2 Å². The van der Waals surface area contributed by atoms with Crippen molar-refractivity contribution >= 4 is 33.6 Å². The van der Waals surface area contributed by atoms with Crippen molar-refractivity contribution in [1.29, 1.82) is 0 Å². The lowest BCUT2D eigenvalue weighted by Crippen LogP contribution is -2.13. The number of hydrazone groups is 1. The van der Waals surface area contributed by atoms with E-state index < -0.39 is 0 Å². The summed E-state index contributed by atoms with van der Waals surface area (Å²) in [7, 11) is 0. The zero-order valence-electron chi connectivity index (χ0n) is 13.6. The van der Waals surface area contributed by atoms with Crippen molar-refractivity contribution in [3.63, 3.8) is 0 Å². The van der Waals surface area contributed by atoms with Gasteiger partial charge in [-0.25, -0.2) is 0 Å². The molecule has 1 N–H and O–H groups in total. The normalized spacial score (nSPS) is 16.2. The topological polar surface area (TPSA) is 55.1 Å². The SMILES string of the molecule is C(=N\Nc1nncs1)/c1cn(CC2CCCCC2)c2ccccc12. The number of para-hydroxylation sites is 1. The van der Waals surface area contributed by atoms with Crippen LogP contribution in [0.4, 0.5) is 5.13 Å². The highest BCUT2D eigenvalue weighted by atomic mass is 32.1. The summed E-state index contributed by atoms with van der Waals surface area (Å²) in [6.07, 6.45) is 11.0. The Hall–Kier alpha value is -2.21. The van der Waals surface area contributed by atoms with Crippen LogP contribution in [0, 0.1) is 5.92 Å². The largest absolute Gasteiger partial charge is 0.347 e. The monoisotopic (exact) mass is 339 g/mol. The van der Waals surface area contributed by atoms with E-state index in [-0.39, 0.29) is 0 Å². The summed E-state index contributed by atoms with van der Waals surface area (Å²) in [5.74, 6) is 0.805. The van der Waals surface area contributed by atoms with Crippen LogP contribution in [-0.2, 0) is 6.54 Å². The molecule has 0 aliphatic heterocycles. The first-order chi connectivity index (χ1) is 11.9. The molecule has 24 heavy (non-hydrogen) atoms. The van der Waals surface area contributed by atoms with Crippen molar-refractivity contribution in [2.75, 3.05) is 5.43 Å². The average molecular weight is 339 g/mol. The van der Waals surface area contributed by atoms with Crippen LogP contribution in [0.25, 0.3) is 10.9 Å². The van der Waals surface area contributed by atoms with Crippen molar-refractivity contribution in [2.45, 2.75) is 38.6 Å². The van der Waals surface area contributed by atoms with Gasteiger partial charge in [0.2, 0.25) is 5.13 Å². The van der Waals surface area contributed by atoms with E-state index in [4.69, 9.17) is 0 Å². The maximum absolute atomic E-state index is 4.31. The van der Waals surface area contributed by atoms with Gasteiger partial charge in [-0.05, 0) is 24.8 Å². The van der Waals surface area contributed by atoms with E-state index in [0.29, 0.717) is 5.13 Å². The molecule has 0 saturated heterocycles. The first-order valence-corrected chi connectivity index (χ1v) is 9.41. The van der Waals surface area contributed by atoms with Crippen molar-refractivity contribution < 1.29 is 0 Å². The minimum Gasteiger partial charge on any atom is -0.347 e. The maximum Gasteiger partial charge on any atom is 0.225 e. The van der Waals surface area contributed by atoms with Gasteiger partial charge >= 0.3 is 0 Å². The molecule has 2 heterocycles. The van der Waals surface area contributed by atoms with Crippen molar-refractivity contribution in [3.05, 3.63) is 41.5 Å². The number of aromatic nitrogens is 3. The van der Waals surface area contributed by atoms with Crippen molar-refractivity contribution in [1.82, 2.24) is 14.8 Å². The van der Waals surface area contributed by atoms with Gasteiger partial charge in [0.1, 0.15) is 5.51 Å². The highest BCUT2D eigenvalue weighted by Crippen LogP contribution is 2.28. The minimum atomic E-state index is 0.706. The summed E-state index contributed by atoms with van der Waals surface area (Å²) in [6.45, 7) is 1.11. The Kier molecular flexibility index (Phi) is 4.55. The number of nitrogens with zero attached hydrogens (tertiary/aromatic N) is 4. The Morgan fingerprint density at radius 2 is 2.12 bits per heavy atom. The second-order valence-corrected chi connectivity index (χ2v) is 7.21. The first-order valence-electron chi connectivity index (χ1n) is 8.53. The number of hydrogen-bond donors (Lipinski definition) is 1. The third-order valence-corrected chi connectivity index (χ3v) is 5.32. The Morgan fingerprint density at radius 3 is 2.96 bits per heavy atom. The third-order valence-electron chi connectivity index (χ3n) is 4.72. The summed E-state index contributed by atoms with van der Waals surface area (Å²) in [5, 5.41) is 14.0. The van der Waals surface area contributed by atoms with Crippen LogP contribution in [0.5, 0.6) is 0 Å². The van der Waals surface area contributed by atoms with E-state index in [1.54, 1.807) is 5.51 Å². The molecule has 1 aliphatic carbocycles. The second-order valence-electron chi connectivity index (χ2n) is 6.37. The third kappa shape index (κ3) is 3.33. The van der Waals surface area contributed by atoms with Crippen LogP contribution in [0.1, 0.15) is 37.7 Å². The fourth-order valence-electron chi connectivity index (χ4n) is 3.56. The average Bonchev–Trinajstić information content (AvgIpc) is 3.25. The van der Waals surface area contributed by atoms with Crippen LogP contribution in [-0.4, -0.2) is 21.0 Å². The van der Waals surface area contributed by atoms with Crippen LogP contribution in [0.2, 0.25) is 0 Å². The molecule has 2 aromatic heterocycles. The molecule has 0 radical (unpaired) electrons. The van der Waals surface area contributed by atoms with E-state index in [9.17, 15) is 0 Å². The quantitative estimate of drug-likeness (QED) is 0.549. The molecule has 0 bridgehead atoms. The molecule has 124 valence electrons. The van der Waals surface area contributed by atoms with Gasteiger partial charge in [-0.3, -0.25) is 5.43 Å². The van der Waals surface area contributed by atoms with Crippen LogP contribution >= 0.6 is 11.3 Å². The standard InChI is InChI=1S/C18H21N5S/c1-2-6-14(7-3-1)11-23-12-15(16-8-4-5-9-17(16)23)10-19-21-18-22-20-13-24-18/h4-5,8-10,12-14H,1-3,6-7,11H2,(H,21,22)/b19-10+. The minimum absolute atomic E-state index is 0.706. The predicted octanol–water partition coefficient (Wildman–Crippen LogP) is 4.52. The molecule has 5 nitrogen and oxygen atoms in total. The smallest absolute Gasteiger partial charge is 0.225 e. The Bertz CT molecular complexity index is 815. The summed E-state index contributed by atoms with van der Waals surface area (Å²) in [6, 6.07) is 8.57. The molecular formula is C18H21N5S. The lowest BCUT2D eigenvalue weighted by molar-refractivity contribution is 0.322. The molecule has 1 aliphatic rings. The van der Waals surface area contributed by atoms with E-state index >= 15 is 0 Å². The first kappa shape index (κ1) is 15.3. The maximum atomic E-state index is 4.31. The van der Waals surface area contributed by atoms with Gasteiger partial charge in [0.05, 0.1) is 6.21 Å². The molecule has 1 aromatic carbocycles. The van der Waals surface area contributed by atoms with Crippen molar-refractivity contribution in [3.8, 4) is 0 Å². The number of nitrogens with one attached hydrogen (secondary N) is 1. The molecule has 1 fully saturated rings. The number of benzene rings is 1. The van der Waals surface area contributed by atoms with Gasteiger partial charge in [-0.1, -0.05) is 48.8 Å². The summed E-state index contributed by atoms with van der Waals surface area (Å²) < 4.78 is 2.40. The summed E-state index contributed by atoms with van der Waals surface area (Å²) in [5.41, 5.74) is 7.05. The van der Waals surface area contributed by atoms with Gasteiger partial charge in [0.15, 0.2) is 0 Å². The van der Waals surface area contributed by atoms with E-state index in [1.165, 1.54) is 54.3 Å². The van der Waals surface area contributed by atoms with Gasteiger partial charge in [-0.2, -0.15) is 5.10 Å². The van der Waals surface area contributed by atoms with E-state index in [0.717, 1.165) is 18.0 Å². The van der Waals surface area contributed by atoms with E-state index in [2.05, 4.69) is 55.8 Å². The molecule has 4 rings (SSSR count). The Morgan fingerprint density at radius 1 is 1.25 bits per heavy atom. The van der Waals surface area contributed by atoms with E-state index in [1.807, 2.05) is 6.21 Å². The lowest BCUT2D eigenvalue weighted by atomic mass is 9.89. The highest BCUT2D eigenvalue weighted by Gasteiger charge is 2.15. The fraction of sp³-hybridized carbons (Fsp3) is 0.389. The second kappa shape index (κ2) is 7.13. The molecule has 0 unspecified atom stereocenters. The molecule has 0 atom stereocenters. The number of rotatable bonds is 5. The number of fused-ring (bicyclic) bond motifs is 1. The molecule has 3 aromatic rings. The number of anilines is 1. The summed E-state index contributed by atoms with van der Waals surface area (Å²) >= 11 is 1.44. The highest BCUT2D eigenvalue weighted by molar-refractivity contribution is 7.13. The Balaban J connectivity index is 1.57. The zero-order valence-corrected chi connectivity index (χ0v) is 14.4. The van der Waals surface area contributed by atoms with Crippen LogP contribution in [0.15, 0.2) is 41.1 Å². The fourth-order valence-corrected chi connectivity index (χ4v) is 3.95. The summed E-state index contributed by atoms with van der Waals surface area (Å²) in [4.78, 5) is 0. The Labute approximate surface area is 145 Å². The lowest BCUT2D eigenvalue weighted by Gasteiger charge is -2.22. The van der Waals surface area contributed by atoms with Crippen molar-refractivity contribution in [2.24, 2.45) is 11.0 Å². The van der Waals surface area contributed by atoms with Crippen LogP contribution in [0.3, 0.4) is 0 Å². The molecule has 1 saturated carbocycles. The molecular weight excluding hydrogens is 318 g/mol. The predicted molar refractivity (Wildman–Crippen MR) is 99.6 cm³/mol. The van der Waals surface area contributed by atoms with Crippen LogP contribution < -0.4 is 5.43 Å². The van der Waals surface area contributed by atoms with Gasteiger partial charge in [-0.15, -0.1) is 10.2 Å². The number of hydrogen-bond acceptors (Lipinski definition) is 5. The van der Waals surface area contributed by atoms with Gasteiger partial charge < -0.3 is 4.57 Å². The molecule has 6 heteroatoms. The van der Waals surface area contributed by atoms with Gasteiger partial charge in [0.25, 0.3) is 0 Å².